The molecule has 3 aromatic rings. The summed E-state index contributed by atoms with van der Waals surface area (Å²) in [6.45, 7) is 5.34. The van der Waals surface area contributed by atoms with Gasteiger partial charge in [0.25, 0.3) is 0 Å². The van der Waals surface area contributed by atoms with Gasteiger partial charge in [0.15, 0.2) is 5.96 Å². The molecule has 0 saturated heterocycles. The maximum Gasteiger partial charge on any atom is 0.222 e. The van der Waals surface area contributed by atoms with Gasteiger partial charge in [-0.3, -0.25) is 4.79 Å². The SMILES string of the molecule is CCNC(=NCc1oc2ccccc2c1C)NCC(Cc1ccc(F)cc1)C(N)=O. The molecule has 0 aliphatic carbocycles. The molecule has 0 saturated carbocycles. The monoisotopic (exact) mass is 410 g/mol. The van der Waals surface area contributed by atoms with Gasteiger partial charge in [0.1, 0.15) is 23.7 Å². The number of aliphatic imine (C=N–C) groups is 1. The van der Waals surface area contributed by atoms with Crippen molar-refractivity contribution in [3.63, 3.8) is 0 Å². The molecule has 1 atom stereocenters. The summed E-state index contributed by atoms with van der Waals surface area (Å²) in [7, 11) is 0. The lowest BCUT2D eigenvalue weighted by Crippen LogP contribution is -2.43. The Morgan fingerprint density at radius 3 is 2.57 bits per heavy atom. The average Bonchev–Trinajstić information content (AvgIpc) is 3.06. The number of para-hydroxylation sites is 1. The van der Waals surface area contributed by atoms with Crippen LogP contribution in [0, 0.1) is 18.7 Å². The molecule has 2 aromatic carbocycles. The number of rotatable bonds is 8. The lowest BCUT2D eigenvalue weighted by molar-refractivity contribution is -0.121. The molecule has 0 aliphatic rings. The molecule has 1 unspecified atom stereocenters. The highest BCUT2D eigenvalue weighted by molar-refractivity contribution is 5.83. The zero-order valence-corrected chi connectivity index (χ0v) is 17.2. The number of carbonyl (C=O) groups is 1. The number of hydrogen-bond donors (Lipinski definition) is 3. The zero-order valence-electron chi connectivity index (χ0n) is 17.2. The molecule has 7 heteroatoms. The van der Waals surface area contributed by atoms with E-state index in [1.54, 1.807) is 12.1 Å². The van der Waals surface area contributed by atoms with Crippen molar-refractivity contribution >= 4 is 22.8 Å². The van der Waals surface area contributed by atoms with Crippen LogP contribution in [0.1, 0.15) is 23.8 Å². The fourth-order valence-corrected chi connectivity index (χ4v) is 3.27. The molecule has 0 bridgehead atoms. The number of carbonyl (C=O) groups excluding carboxylic acids is 1. The molecule has 1 heterocycles. The van der Waals surface area contributed by atoms with Crippen LogP contribution in [0.15, 0.2) is 57.9 Å². The standard InChI is InChI=1S/C23H27FN4O2/c1-3-26-23(28-14-21-15(2)19-6-4-5-7-20(19)30-21)27-13-17(22(25)29)12-16-8-10-18(24)11-9-16/h4-11,17H,3,12-14H2,1-2H3,(H2,25,29)(H2,26,27,28). The molecule has 1 amide bonds. The smallest absolute Gasteiger partial charge is 0.222 e. The van der Waals surface area contributed by atoms with Crippen LogP contribution in [-0.4, -0.2) is 25.0 Å². The van der Waals surface area contributed by atoms with Crippen LogP contribution in [0.3, 0.4) is 0 Å². The topological polar surface area (TPSA) is 92.7 Å². The van der Waals surface area contributed by atoms with Gasteiger partial charge in [-0.2, -0.15) is 0 Å². The normalized spacial score (nSPS) is 12.7. The predicted octanol–water partition coefficient (Wildman–Crippen LogP) is 3.28. The molecule has 6 nitrogen and oxygen atoms in total. The molecule has 0 spiro atoms. The summed E-state index contributed by atoms with van der Waals surface area (Å²) in [6.07, 6.45) is 0.421. The van der Waals surface area contributed by atoms with Gasteiger partial charge in [-0.1, -0.05) is 30.3 Å². The van der Waals surface area contributed by atoms with Crippen molar-refractivity contribution in [2.75, 3.05) is 13.1 Å². The summed E-state index contributed by atoms with van der Waals surface area (Å²) in [4.78, 5) is 16.5. The highest BCUT2D eigenvalue weighted by atomic mass is 19.1. The van der Waals surface area contributed by atoms with Crippen molar-refractivity contribution in [1.82, 2.24) is 10.6 Å². The summed E-state index contributed by atoms with van der Waals surface area (Å²) >= 11 is 0. The van der Waals surface area contributed by atoms with Crippen LogP contribution in [0.25, 0.3) is 11.0 Å². The Kier molecular flexibility index (Phi) is 7.06. The van der Waals surface area contributed by atoms with Crippen LogP contribution in [0.2, 0.25) is 0 Å². The van der Waals surface area contributed by atoms with Crippen LogP contribution in [0.5, 0.6) is 0 Å². The van der Waals surface area contributed by atoms with Crippen molar-refractivity contribution in [3.8, 4) is 0 Å². The third-order valence-corrected chi connectivity index (χ3v) is 4.98. The van der Waals surface area contributed by atoms with Crippen molar-refractivity contribution in [2.45, 2.75) is 26.8 Å². The summed E-state index contributed by atoms with van der Waals surface area (Å²) in [5, 5.41) is 7.42. The third-order valence-electron chi connectivity index (χ3n) is 4.98. The van der Waals surface area contributed by atoms with E-state index in [1.807, 2.05) is 38.1 Å². The third kappa shape index (κ3) is 5.37. The number of hydrogen-bond acceptors (Lipinski definition) is 3. The number of primary amides is 1. The second-order valence-electron chi connectivity index (χ2n) is 7.15. The summed E-state index contributed by atoms with van der Waals surface area (Å²) in [6, 6.07) is 14.0. The Hall–Kier alpha value is -3.35. The second kappa shape index (κ2) is 9.91. The molecule has 158 valence electrons. The highest BCUT2D eigenvalue weighted by Crippen LogP contribution is 2.25. The van der Waals surface area contributed by atoms with Crippen LogP contribution < -0.4 is 16.4 Å². The average molecular weight is 410 g/mol. The molecular formula is C23H27FN4O2. The van der Waals surface area contributed by atoms with E-state index in [0.29, 0.717) is 32.0 Å². The summed E-state index contributed by atoms with van der Waals surface area (Å²) in [5.41, 5.74) is 8.33. The van der Waals surface area contributed by atoms with Crippen molar-refractivity contribution in [3.05, 3.63) is 71.2 Å². The predicted molar refractivity (Wildman–Crippen MR) is 117 cm³/mol. The van der Waals surface area contributed by atoms with Crippen molar-refractivity contribution in [2.24, 2.45) is 16.6 Å². The second-order valence-corrected chi connectivity index (χ2v) is 7.15. The van der Waals surface area contributed by atoms with E-state index in [2.05, 4.69) is 15.6 Å². The quantitative estimate of drug-likeness (QED) is 0.392. The highest BCUT2D eigenvalue weighted by Gasteiger charge is 2.17. The molecule has 0 radical (unpaired) electrons. The number of furan rings is 1. The number of fused-ring (bicyclic) bond motifs is 1. The first-order valence-corrected chi connectivity index (χ1v) is 10.0. The Labute approximate surface area is 175 Å². The van der Waals surface area contributed by atoms with E-state index in [1.165, 1.54) is 12.1 Å². The Morgan fingerprint density at radius 1 is 1.17 bits per heavy atom. The first kappa shape index (κ1) is 21.4. The Morgan fingerprint density at radius 2 is 1.90 bits per heavy atom. The first-order valence-electron chi connectivity index (χ1n) is 10.0. The van der Waals surface area contributed by atoms with E-state index in [4.69, 9.17) is 10.2 Å². The van der Waals surface area contributed by atoms with E-state index in [0.717, 1.165) is 27.9 Å². The van der Waals surface area contributed by atoms with E-state index >= 15 is 0 Å². The Bertz CT molecular complexity index is 1030. The van der Waals surface area contributed by atoms with Crippen molar-refractivity contribution in [1.29, 1.82) is 0 Å². The molecule has 1 aromatic heterocycles. The molecule has 0 aliphatic heterocycles. The van der Waals surface area contributed by atoms with Gasteiger partial charge in [0.2, 0.25) is 5.91 Å². The summed E-state index contributed by atoms with van der Waals surface area (Å²) in [5.74, 6) is 0.187. The van der Waals surface area contributed by atoms with E-state index < -0.39 is 11.8 Å². The minimum atomic E-state index is -0.452. The maximum absolute atomic E-state index is 13.1. The zero-order chi connectivity index (χ0) is 21.5. The number of halogens is 1. The Balaban J connectivity index is 1.67. The molecule has 30 heavy (non-hydrogen) atoms. The van der Waals surface area contributed by atoms with Gasteiger partial charge in [0.05, 0.1) is 5.92 Å². The minimum Gasteiger partial charge on any atom is -0.459 e. The number of amides is 1. The van der Waals surface area contributed by atoms with Gasteiger partial charge >= 0.3 is 0 Å². The van der Waals surface area contributed by atoms with E-state index in [9.17, 15) is 9.18 Å². The molecule has 0 fully saturated rings. The van der Waals surface area contributed by atoms with Crippen LogP contribution in [-0.2, 0) is 17.8 Å². The molecule has 3 rings (SSSR count). The lowest BCUT2D eigenvalue weighted by atomic mass is 9.98. The molecule has 4 N–H and O–H groups in total. The largest absolute Gasteiger partial charge is 0.459 e. The fourth-order valence-electron chi connectivity index (χ4n) is 3.27. The molecular weight excluding hydrogens is 383 g/mol. The van der Waals surface area contributed by atoms with Gasteiger partial charge in [0, 0.05) is 24.0 Å². The number of nitrogens with one attached hydrogen (secondary N) is 2. The first-order chi connectivity index (χ1) is 14.5. The number of nitrogens with two attached hydrogens (primary N) is 1. The van der Waals surface area contributed by atoms with Gasteiger partial charge in [-0.05, 0) is 44.0 Å². The van der Waals surface area contributed by atoms with Gasteiger partial charge in [-0.15, -0.1) is 0 Å². The van der Waals surface area contributed by atoms with Crippen molar-refractivity contribution < 1.29 is 13.6 Å². The van der Waals surface area contributed by atoms with Crippen LogP contribution in [0.4, 0.5) is 4.39 Å². The minimum absolute atomic E-state index is 0.310. The van der Waals surface area contributed by atoms with Crippen LogP contribution >= 0.6 is 0 Å². The fraction of sp³-hybridized carbons (Fsp3) is 0.304. The number of benzene rings is 2. The van der Waals surface area contributed by atoms with E-state index in [-0.39, 0.29) is 5.82 Å². The number of aryl methyl sites for hydroxylation is 1. The lowest BCUT2D eigenvalue weighted by Gasteiger charge is -2.17. The summed E-state index contributed by atoms with van der Waals surface area (Å²) < 4.78 is 19.0. The van der Waals surface area contributed by atoms with Gasteiger partial charge < -0.3 is 20.8 Å². The number of guanidine groups is 1. The van der Waals surface area contributed by atoms with Gasteiger partial charge in [-0.25, -0.2) is 9.38 Å². The maximum atomic E-state index is 13.1. The number of nitrogens with zero attached hydrogens (tertiary/aromatic N) is 1.